The van der Waals surface area contributed by atoms with Crippen molar-refractivity contribution in [1.29, 1.82) is 0 Å². The van der Waals surface area contributed by atoms with Gasteiger partial charge < -0.3 is 14.6 Å². The molecular formula is C12H22ClN3O4S. The van der Waals surface area contributed by atoms with Gasteiger partial charge in [0.2, 0.25) is 10.0 Å². The number of rotatable bonds is 7. The number of sulfonamides is 1. The number of aryl methyl sites for hydroxylation is 1. The molecule has 1 aromatic rings. The Morgan fingerprint density at radius 3 is 2.86 bits per heavy atom. The van der Waals surface area contributed by atoms with Crippen LogP contribution in [-0.2, 0) is 20.5 Å². The second kappa shape index (κ2) is 7.55. The fourth-order valence-corrected chi connectivity index (χ4v) is 3.55. The Hall–Kier alpha value is -0.670. The molecule has 9 heteroatoms. The molecule has 0 spiro atoms. The molecule has 1 aliphatic rings. The molecule has 21 heavy (non-hydrogen) atoms. The molecule has 0 aromatic carbocycles. The van der Waals surface area contributed by atoms with Crippen LogP contribution in [0.25, 0.3) is 0 Å². The number of nitrogens with zero attached hydrogens (tertiary/aromatic N) is 1. The van der Waals surface area contributed by atoms with Crippen molar-refractivity contribution >= 4 is 22.4 Å². The number of hydrogen-bond donors (Lipinski definition) is 2. The Balaban J connectivity index is 0.00000220. The molecule has 122 valence electrons. The number of halogens is 1. The fourth-order valence-electron chi connectivity index (χ4n) is 2.44. The second-order valence-electron chi connectivity index (χ2n) is 5.26. The highest BCUT2D eigenvalue weighted by atomic mass is 35.5. The maximum atomic E-state index is 12.0. The summed E-state index contributed by atoms with van der Waals surface area (Å²) in [6.07, 6.45) is 1.91. The van der Waals surface area contributed by atoms with Crippen LogP contribution in [0.5, 0.6) is 0 Å². The summed E-state index contributed by atoms with van der Waals surface area (Å²) in [4.78, 5) is 0. The van der Waals surface area contributed by atoms with E-state index in [-0.39, 0.29) is 23.7 Å². The SMILES string of the molecule is COCC1(CNS(=O)(=O)Cc2cc(C)no2)CCCN1.Cl. The summed E-state index contributed by atoms with van der Waals surface area (Å²) in [6.45, 7) is 3.43. The maximum Gasteiger partial charge on any atom is 0.219 e. The van der Waals surface area contributed by atoms with Gasteiger partial charge >= 0.3 is 0 Å². The first kappa shape index (κ1) is 18.4. The average molecular weight is 340 g/mol. The van der Waals surface area contributed by atoms with Crippen LogP contribution in [-0.4, -0.2) is 45.9 Å². The van der Waals surface area contributed by atoms with Crippen LogP contribution >= 0.6 is 12.4 Å². The van der Waals surface area contributed by atoms with Crippen LogP contribution in [0.3, 0.4) is 0 Å². The smallest absolute Gasteiger partial charge is 0.219 e. The maximum absolute atomic E-state index is 12.0. The third-order valence-corrected chi connectivity index (χ3v) is 4.64. The van der Waals surface area contributed by atoms with Gasteiger partial charge in [0, 0.05) is 19.7 Å². The van der Waals surface area contributed by atoms with Gasteiger partial charge in [0.25, 0.3) is 0 Å². The first-order valence-electron chi connectivity index (χ1n) is 6.58. The Bertz CT molecular complexity index is 540. The molecule has 0 aliphatic carbocycles. The van der Waals surface area contributed by atoms with E-state index in [0.29, 0.717) is 24.6 Å². The van der Waals surface area contributed by atoms with Crippen LogP contribution in [0.15, 0.2) is 10.6 Å². The first-order valence-corrected chi connectivity index (χ1v) is 8.23. The molecule has 7 nitrogen and oxygen atoms in total. The zero-order valence-corrected chi connectivity index (χ0v) is 13.8. The van der Waals surface area contributed by atoms with Gasteiger partial charge in [-0.15, -0.1) is 12.4 Å². The lowest BCUT2D eigenvalue weighted by Crippen LogP contribution is -2.53. The van der Waals surface area contributed by atoms with Gasteiger partial charge in [-0.05, 0) is 26.3 Å². The predicted octanol–water partition coefficient (Wildman–Crippen LogP) is 0.593. The van der Waals surface area contributed by atoms with Crippen molar-refractivity contribution in [2.45, 2.75) is 31.1 Å². The Labute approximate surface area is 131 Å². The highest BCUT2D eigenvalue weighted by molar-refractivity contribution is 7.88. The lowest BCUT2D eigenvalue weighted by atomic mass is 9.99. The lowest BCUT2D eigenvalue weighted by molar-refractivity contribution is 0.122. The zero-order valence-electron chi connectivity index (χ0n) is 12.2. The predicted molar refractivity (Wildman–Crippen MR) is 81.0 cm³/mol. The number of ether oxygens (including phenoxy) is 1. The third kappa shape index (κ3) is 5.23. The largest absolute Gasteiger partial charge is 0.383 e. The van der Waals surface area contributed by atoms with Crippen LogP contribution in [0, 0.1) is 6.92 Å². The quantitative estimate of drug-likeness (QED) is 0.755. The topological polar surface area (TPSA) is 93.5 Å². The van der Waals surface area contributed by atoms with E-state index in [0.717, 1.165) is 19.4 Å². The molecule has 2 N–H and O–H groups in total. The molecule has 1 aromatic heterocycles. The van der Waals surface area contributed by atoms with Crippen molar-refractivity contribution in [2.24, 2.45) is 0 Å². The second-order valence-corrected chi connectivity index (χ2v) is 7.07. The van der Waals surface area contributed by atoms with Gasteiger partial charge in [0.15, 0.2) is 5.76 Å². The Kier molecular flexibility index (Phi) is 6.61. The lowest BCUT2D eigenvalue weighted by Gasteiger charge is -2.28. The molecule has 1 atom stereocenters. The Morgan fingerprint density at radius 1 is 1.57 bits per heavy atom. The van der Waals surface area contributed by atoms with Crippen molar-refractivity contribution in [3.8, 4) is 0 Å². The summed E-state index contributed by atoms with van der Waals surface area (Å²) in [7, 11) is -1.83. The minimum atomic E-state index is -3.44. The summed E-state index contributed by atoms with van der Waals surface area (Å²) in [5.74, 6) is 0.145. The molecule has 1 fully saturated rings. The average Bonchev–Trinajstić information content (AvgIpc) is 2.98. The molecule has 1 saturated heterocycles. The molecular weight excluding hydrogens is 318 g/mol. The van der Waals surface area contributed by atoms with Crippen molar-refractivity contribution in [3.05, 3.63) is 17.5 Å². The molecule has 1 unspecified atom stereocenters. The summed E-state index contributed by atoms with van der Waals surface area (Å²) in [5, 5.41) is 7.01. The summed E-state index contributed by atoms with van der Waals surface area (Å²) >= 11 is 0. The minimum Gasteiger partial charge on any atom is -0.383 e. The normalized spacial score (nSPS) is 22.2. The molecule has 1 aliphatic heterocycles. The van der Waals surface area contributed by atoms with E-state index >= 15 is 0 Å². The zero-order chi connectivity index (χ0) is 14.6. The van der Waals surface area contributed by atoms with Crippen LogP contribution in [0.1, 0.15) is 24.3 Å². The van der Waals surface area contributed by atoms with E-state index in [1.54, 1.807) is 20.1 Å². The van der Waals surface area contributed by atoms with Crippen molar-refractivity contribution in [1.82, 2.24) is 15.2 Å². The molecule has 0 amide bonds. The molecule has 2 heterocycles. The highest BCUT2D eigenvalue weighted by Gasteiger charge is 2.34. The number of methoxy groups -OCH3 is 1. The van der Waals surface area contributed by atoms with Gasteiger partial charge in [-0.1, -0.05) is 5.16 Å². The van der Waals surface area contributed by atoms with Crippen LogP contribution in [0.4, 0.5) is 0 Å². The van der Waals surface area contributed by atoms with Crippen LogP contribution < -0.4 is 10.0 Å². The van der Waals surface area contributed by atoms with E-state index in [1.807, 2.05) is 0 Å². The van der Waals surface area contributed by atoms with E-state index in [1.165, 1.54) is 0 Å². The van der Waals surface area contributed by atoms with E-state index in [9.17, 15) is 8.42 Å². The summed E-state index contributed by atoms with van der Waals surface area (Å²) in [6, 6.07) is 1.62. The number of hydrogen-bond acceptors (Lipinski definition) is 6. The molecule has 0 radical (unpaired) electrons. The molecule has 2 rings (SSSR count). The van der Waals surface area contributed by atoms with Crippen molar-refractivity contribution in [2.75, 3.05) is 26.8 Å². The van der Waals surface area contributed by atoms with Crippen molar-refractivity contribution < 1.29 is 17.7 Å². The molecule has 0 bridgehead atoms. The van der Waals surface area contributed by atoms with E-state index in [2.05, 4.69) is 15.2 Å². The summed E-state index contributed by atoms with van der Waals surface area (Å²) in [5.41, 5.74) is 0.364. The summed E-state index contributed by atoms with van der Waals surface area (Å²) < 4.78 is 36.8. The third-order valence-electron chi connectivity index (χ3n) is 3.39. The monoisotopic (exact) mass is 339 g/mol. The van der Waals surface area contributed by atoms with E-state index < -0.39 is 10.0 Å². The van der Waals surface area contributed by atoms with Gasteiger partial charge in [-0.2, -0.15) is 0 Å². The first-order chi connectivity index (χ1) is 9.45. The van der Waals surface area contributed by atoms with Gasteiger partial charge in [-0.3, -0.25) is 0 Å². The minimum absolute atomic E-state index is 0. The van der Waals surface area contributed by atoms with Crippen LogP contribution in [0.2, 0.25) is 0 Å². The van der Waals surface area contributed by atoms with Crippen molar-refractivity contribution in [3.63, 3.8) is 0 Å². The number of nitrogens with one attached hydrogen (secondary N) is 2. The Morgan fingerprint density at radius 2 is 2.33 bits per heavy atom. The van der Waals surface area contributed by atoms with Gasteiger partial charge in [-0.25, -0.2) is 13.1 Å². The fraction of sp³-hybridized carbons (Fsp3) is 0.750. The van der Waals surface area contributed by atoms with Gasteiger partial charge in [0.05, 0.1) is 17.8 Å². The standard InChI is InChI=1S/C12H21N3O4S.ClH/c1-10-6-11(19-15-10)7-20(16,17)14-8-12(9-18-2)4-3-5-13-12;/h6,13-14H,3-5,7-9H2,1-2H3;1H. The van der Waals surface area contributed by atoms with Gasteiger partial charge in [0.1, 0.15) is 5.75 Å². The highest BCUT2D eigenvalue weighted by Crippen LogP contribution is 2.19. The number of aromatic nitrogens is 1. The van der Waals surface area contributed by atoms with E-state index in [4.69, 9.17) is 9.26 Å². The molecule has 0 saturated carbocycles.